The fourth-order valence-electron chi connectivity index (χ4n) is 2.84. The Morgan fingerprint density at radius 1 is 1.38 bits per heavy atom. The maximum atomic E-state index is 11.7. The predicted molar refractivity (Wildman–Crippen MR) is 90.7 cm³/mol. The molecule has 0 spiro atoms. The molecule has 118 valence electrons. The summed E-state index contributed by atoms with van der Waals surface area (Å²) in [7, 11) is -2.95. The molecule has 1 aromatic carbocycles. The highest BCUT2D eigenvalue weighted by Crippen LogP contribution is 2.33. The lowest BCUT2D eigenvalue weighted by molar-refractivity contribution is 0.319. The van der Waals surface area contributed by atoms with Crippen molar-refractivity contribution < 1.29 is 8.42 Å². The number of hydrogen-bond donors (Lipinski definition) is 1. The van der Waals surface area contributed by atoms with Gasteiger partial charge < -0.3 is 5.73 Å². The summed E-state index contributed by atoms with van der Waals surface area (Å²) in [6, 6.07) is 7.73. The molecule has 1 saturated carbocycles. The molecular formula is C15H22ClNO2S2. The second-order valence-electron chi connectivity index (χ2n) is 5.78. The summed E-state index contributed by atoms with van der Waals surface area (Å²) in [4.78, 5) is 1.03. The van der Waals surface area contributed by atoms with Gasteiger partial charge in [0.2, 0.25) is 0 Å². The molecule has 21 heavy (non-hydrogen) atoms. The average Bonchev–Trinajstić information content (AvgIpc) is 2.45. The normalized spacial score (nSPS) is 24.7. The van der Waals surface area contributed by atoms with E-state index in [9.17, 15) is 8.42 Å². The maximum absolute atomic E-state index is 11.7. The van der Waals surface area contributed by atoms with E-state index in [-0.39, 0.29) is 17.2 Å². The first kappa shape index (κ1) is 17.1. The molecule has 3 unspecified atom stereocenters. The first-order valence-electron chi connectivity index (χ1n) is 7.19. The van der Waals surface area contributed by atoms with E-state index in [0.717, 1.165) is 34.9 Å². The topological polar surface area (TPSA) is 60.2 Å². The van der Waals surface area contributed by atoms with Crippen LogP contribution in [-0.2, 0) is 9.84 Å². The first-order chi connectivity index (χ1) is 9.88. The molecule has 0 aromatic heterocycles. The van der Waals surface area contributed by atoms with E-state index in [1.807, 2.05) is 24.3 Å². The van der Waals surface area contributed by atoms with Crippen molar-refractivity contribution in [1.29, 1.82) is 0 Å². The van der Waals surface area contributed by atoms with Crippen molar-refractivity contribution in [3.8, 4) is 0 Å². The maximum Gasteiger partial charge on any atom is 0.150 e. The van der Waals surface area contributed by atoms with E-state index in [1.54, 1.807) is 11.8 Å². The van der Waals surface area contributed by atoms with Crippen LogP contribution in [0.25, 0.3) is 0 Å². The van der Waals surface area contributed by atoms with Crippen LogP contribution in [-0.4, -0.2) is 31.7 Å². The standard InChI is InChI=1S/C15H22ClNO2S2/c1-21(18,19)12-6-4-5-11(9-12)14(17)10-20-15-8-3-2-7-13(15)16/h2-3,7-8,11-12,14H,4-6,9-10,17H2,1H3. The number of rotatable bonds is 5. The highest BCUT2D eigenvalue weighted by Gasteiger charge is 2.31. The fraction of sp³-hybridized carbons (Fsp3) is 0.600. The second kappa shape index (κ2) is 7.36. The van der Waals surface area contributed by atoms with Crippen LogP contribution in [0.4, 0.5) is 0 Å². The Balaban J connectivity index is 1.91. The molecule has 2 rings (SSSR count). The Hall–Kier alpha value is -0.230. The van der Waals surface area contributed by atoms with Gasteiger partial charge in [-0.1, -0.05) is 30.2 Å². The van der Waals surface area contributed by atoms with Crippen LogP contribution in [0.2, 0.25) is 5.02 Å². The third-order valence-corrected chi connectivity index (χ3v) is 7.44. The molecule has 0 bridgehead atoms. The third kappa shape index (κ3) is 4.88. The smallest absolute Gasteiger partial charge is 0.150 e. The second-order valence-corrected chi connectivity index (χ2v) is 9.58. The van der Waals surface area contributed by atoms with Gasteiger partial charge in [0.05, 0.1) is 10.3 Å². The van der Waals surface area contributed by atoms with Crippen LogP contribution in [0.15, 0.2) is 29.2 Å². The summed E-state index contributed by atoms with van der Waals surface area (Å²) in [5.74, 6) is 1.05. The van der Waals surface area contributed by atoms with Gasteiger partial charge in [0.1, 0.15) is 9.84 Å². The van der Waals surface area contributed by atoms with Gasteiger partial charge in [-0.3, -0.25) is 0 Å². The highest BCUT2D eigenvalue weighted by atomic mass is 35.5. The van der Waals surface area contributed by atoms with E-state index >= 15 is 0 Å². The van der Waals surface area contributed by atoms with Crippen molar-refractivity contribution in [1.82, 2.24) is 0 Å². The number of nitrogens with two attached hydrogens (primary N) is 1. The third-order valence-electron chi connectivity index (χ3n) is 4.15. The van der Waals surface area contributed by atoms with Crippen LogP contribution < -0.4 is 5.73 Å². The first-order valence-corrected chi connectivity index (χ1v) is 10.5. The monoisotopic (exact) mass is 347 g/mol. The molecule has 2 N–H and O–H groups in total. The number of sulfone groups is 1. The van der Waals surface area contributed by atoms with Crippen molar-refractivity contribution in [3.63, 3.8) is 0 Å². The van der Waals surface area contributed by atoms with Gasteiger partial charge >= 0.3 is 0 Å². The molecule has 0 radical (unpaired) electrons. The lowest BCUT2D eigenvalue weighted by Gasteiger charge is -2.31. The van der Waals surface area contributed by atoms with E-state index < -0.39 is 9.84 Å². The summed E-state index contributed by atoms with van der Waals surface area (Å²) in [5.41, 5.74) is 6.29. The summed E-state index contributed by atoms with van der Waals surface area (Å²) in [6.07, 6.45) is 4.79. The minimum atomic E-state index is -2.95. The molecule has 0 heterocycles. The van der Waals surface area contributed by atoms with Crippen LogP contribution in [0, 0.1) is 5.92 Å². The Labute approximate surface area is 136 Å². The molecule has 1 aliphatic rings. The highest BCUT2D eigenvalue weighted by molar-refractivity contribution is 7.99. The van der Waals surface area contributed by atoms with Gasteiger partial charge in [-0.05, 0) is 37.3 Å². The van der Waals surface area contributed by atoms with Crippen molar-refractivity contribution in [2.45, 2.75) is 41.9 Å². The number of thioether (sulfide) groups is 1. The summed E-state index contributed by atoms with van der Waals surface area (Å²) >= 11 is 7.79. The van der Waals surface area contributed by atoms with E-state index in [1.165, 1.54) is 6.26 Å². The van der Waals surface area contributed by atoms with Crippen molar-refractivity contribution in [2.24, 2.45) is 11.7 Å². The van der Waals surface area contributed by atoms with E-state index in [2.05, 4.69) is 0 Å². The summed E-state index contributed by atoms with van der Waals surface area (Å²) in [5, 5.41) is 0.528. The Morgan fingerprint density at radius 3 is 2.76 bits per heavy atom. The molecule has 1 aromatic rings. The zero-order chi connectivity index (χ0) is 15.5. The van der Waals surface area contributed by atoms with Crippen molar-refractivity contribution in [2.75, 3.05) is 12.0 Å². The average molecular weight is 348 g/mol. The zero-order valence-electron chi connectivity index (χ0n) is 12.2. The minimum Gasteiger partial charge on any atom is -0.327 e. The van der Waals surface area contributed by atoms with Crippen LogP contribution in [0.3, 0.4) is 0 Å². The van der Waals surface area contributed by atoms with Crippen molar-refractivity contribution >= 4 is 33.2 Å². The molecule has 1 aliphatic carbocycles. The molecule has 0 saturated heterocycles. The number of hydrogen-bond acceptors (Lipinski definition) is 4. The van der Waals surface area contributed by atoms with Gasteiger partial charge in [-0.2, -0.15) is 0 Å². The Morgan fingerprint density at radius 2 is 2.10 bits per heavy atom. The quantitative estimate of drug-likeness (QED) is 0.829. The molecule has 1 fully saturated rings. The van der Waals surface area contributed by atoms with Gasteiger partial charge in [0.15, 0.2) is 0 Å². The predicted octanol–water partition coefficient (Wildman–Crippen LogP) is 3.36. The van der Waals surface area contributed by atoms with E-state index in [4.69, 9.17) is 17.3 Å². The number of benzene rings is 1. The Kier molecular flexibility index (Phi) is 6.00. The SMILES string of the molecule is CS(=O)(=O)C1CCCC(C(N)CSc2ccccc2Cl)C1. The Bertz CT molecular complexity index is 577. The minimum absolute atomic E-state index is 0.0100. The largest absolute Gasteiger partial charge is 0.327 e. The van der Waals surface area contributed by atoms with Crippen LogP contribution >= 0.6 is 23.4 Å². The van der Waals surface area contributed by atoms with Gasteiger partial charge in [-0.15, -0.1) is 11.8 Å². The van der Waals surface area contributed by atoms with Gasteiger partial charge in [0.25, 0.3) is 0 Å². The van der Waals surface area contributed by atoms with Gasteiger partial charge in [-0.25, -0.2) is 8.42 Å². The summed E-state index contributed by atoms with van der Waals surface area (Å²) in [6.45, 7) is 0. The zero-order valence-corrected chi connectivity index (χ0v) is 14.6. The molecule has 6 heteroatoms. The number of halogens is 1. The molecule has 3 atom stereocenters. The molecule has 3 nitrogen and oxygen atoms in total. The molecule has 0 amide bonds. The molecular weight excluding hydrogens is 326 g/mol. The lowest BCUT2D eigenvalue weighted by Crippen LogP contribution is -2.39. The van der Waals surface area contributed by atoms with E-state index in [0.29, 0.717) is 6.42 Å². The van der Waals surface area contributed by atoms with Crippen LogP contribution in [0.5, 0.6) is 0 Å². The summed E-state index contributed by atoms with van der Waals surface area (Å²) < 4.78 is 23.4. The van der Waals surface area contributed by atoms with Crippen molar-refractivity contribution in [3.05, 3.63) is 29.3 Å². The molecule has 0 aliphatic heterocycles. The van der Waals surface area contributed by atoms with Crippen LogP contribution in [0.1, 0.15) is 25.7 Å². The lowest BCUT2D eigenvalue weighted by atomic mass is 9.84. The fourth-order valence-corrected chi connectivity index (χ4v) is 5.36. The van der Waals surface area contributed by atoms with Gasteiger partial charge in [0, 0.05) is 22.9 Å².